The van der Waals surface area contributed by atoms with E-state index in [2.05, 4.69) is 10.2 Å². The number of carboxylic acids is 1. The van der Waals surface area contributed by atoms with Gasteiger partial charge in [-0.3, -0.25) is 4.79 Å². The Morgan fingerprint density at radius 3 is 2.33 bits per heavy atom. The zero-order valence-corrected chi connectivity index (χ0v) is 10.8. The number of nitrogens with zero attached hydrogens (tertiary/aromatic N) is 2. The highest BCUT2D eigenvalue weighted by Crippen LogP contribution is 2.17. The SMILES string of the molecule is CN1CCC(NC(=O)N2CCC(C(=O)O)CC2)C1. The Bertz CT molecular complexity index is 327. The Balaban J connectivity index is 1.75. The van der Waals surface area contributed by atoms with Gasteiger partial charge in [0, 0.05) is 25.7 Å². The number of likely N-dealkylation sites (N-methyl/N-ethyl adjacent to an activating group) is 1. The van der Waals surface area contributed by atoms with E-state index in [1.807, 2.05) is 7.05 Å². The van der Waals surface area contributed by atoms with E-state index in [1.54, 1.807) is 4.90 Å². The lowest BCUT2D eigenvalue weighted by Gasteiger charge is -2.31. The van der Waals surface area contributed by atoms with Crippen molar-refractivity contribution in [3.05, 3.63) is 0 Å². The molecule has 0 spiro atoms. The smallest absolute Gasteiger partial charge is 0.317 e. The van der Waals surface area contributed by atoms with E-state index in [0.29, 0.717) is 25.9 Å². The van der Waals surface area contributed by atoms with Crippen LogP contribution < -0.4 is 5.32 Å². The first-order valence-electron chi connectivity index (χ1n) is 6.53. The topological polar surface area (TPSA) is 72.9 Å². The standard InChI is InChI=1S/C12H21N3O3/c1-14-5-4-10(8-14)13-12(18)15-6-2-9(3-7-15)11(16)17/h9-10H,2-8H2,1H3,(H,13,18)(H,16,17). The first-order chi connectivity index (χ1) is 8.56. The van der Waals surface area contributed by atoms with Crippen molar-refractivity contribution in [3.8, 4) is 0 Å². The Kier molecular flexibility index (Phi) is 4.06. The third kappa shape index (κ3) is 3.13. The van der Waals surface area contributed by atoms with Crippen LogP contribution in [0.2, 0.25) is 0 Å². The van der Waals surface area contributed by atoms with Gasteiger partial charge in [-0.15, -0.1) is 0 Å². The number of carbonyl (C=O) groups is 2. The van der Waals surface area contributed by atoms with Gasteiger partial charge in [0.15, 0.2) is 0 Å². The lowest BCUT2D eigenvalue weighted by molar-refractivity contribution is -0.143. The molecular weight excluding hydrogens is 234 g/mol. The zero-order valence-electron chi connectivity index (χ0n) is 10.8. The number of amides is 2. The molecule has 0 saturated carbocycles. The summed E-state index contributed by atoms with van der Waals surface area (Å²) in [5.74, 6) is -1.03. The average molecular weight is 255 g/mol. The molecule has 2 saturated heterocycles. The Morgan fingerprint density at radius 1 is 1.17 bits per heavy atom. The van der Waals surface area contributed by atoms with Gasteiger partial charge in [-0.25, -0.2) is 4.79 Å². The monoisotopic (exact) mass is 255 g/mol. The fourth-order valence-electron chi connectivity index (χ4n) is 2.65. The van der Waals surface area contributed by atoms with Gasteiger partial charge >= 0.3 is 12.0 Å². The summed E-state index contributed by atoms with van der Waals surface area (Å²) in [6.45, 7) is 3.01. The minimum Gasteiger partial charge on any atom is -0.481 e. The van der Waals surface area contributed by atoms with E-state index in [1.165, 1.54) is 0 Å². The first kappa shape index (κ1) is 13.1. The molecule has 2 rings (SSSR count). The number of piperidine rings is 1. The molecule has 6 heteroatoms. The van der Waals surface area contributed by atoms with Crippen molar-refractivity contribution in [1.82, 2.24) is 15.1 Å². The van der Waals surface area contributed by atoms with E-state index in [-0.39, 0.29) is 18.0 Å². The van der Waals surface area contributed by atoms with Gasteiger partial charge in [0.1, 0.15) is 0 Å². The van der Waals surface area contributed by atoms with Crippen LogP contribution in [-0.2, 0) is 4.79 Å². The van der Waals surface area contributed by atoms with Crippen molar-refractivity contribution in [3.63, 3.8) is 0 Å². The molecule has 0 aromatic rings. The molecule has 1 unspecified atom stereocenters. The second-order valence-electron chi connectivity index (χ2n) is 5.30. The molecule has 6 nitrogen and oxygen atoms in total. The highest BCUT2D eigenvalue weighted by molar-refractivity contribution is 5.75. The largest absolute Gasteiger partial charge is 0.481 e. The number of aliphatic carboxylic acids is 1. The summed E-state index contributed by atoms with van der Waals surface area (Å²) in [6.07, 6.45) is 2.12. The van der Waals surface area contributed by atoms with Crippen molar-refractivity contribution >= 4 is 12.0 Å². The predicted octanol–water partition coefficient (Wildman–Crippen LogP) is 0.197. The number of carbonyl (C=O) groups excluding carboxylic acids is 1. The molecule has 0 aromatic carbocycles. The summed E-state index contributed by atoms with van der Waals surface area (Å²) in [6, 6.07) is 0.193. The number of hydrogen-bond acceptors (Lipinski definition) is 3. The van der Waals surface area contributed by atoms with Crippen LogP contribution >= 0.6 is 0 Å². The summed E-state index contributed by atoms with van der Waals surface area (Å²) in [5, 5.41) is 11.9. The van der Waals surface area contributed by atoms with Crippen LogP contribution in [0.4, 0.5) is 4.79 Å². The molecule has 102 valence electrons. The third-order valence-corrected chi connectivity index (χ3v) is 3.85. The van der Waals surface area contributed by atoms with Crippen LogP contribution in [0, 0.1) is 5.92 Å². The summed E-state index contributed by atoms with van der Waals surface area (Å²) in [7, 11) is 2.05. The van der Waals surface area contributed by atoms with Crippen LogP contribution in [-0.4, -0.2) is 66.2 Å². The molecule has 0 aromatic heterocycles. The lowest BCUT2D eigenvalue weighted by atomic mass is 9.97. The van der Waals surface area contributed by atoms with Gasteiger partial charge < -0.3 is 20.2 Å². The predicted molar refractivity (Wildman–Crippen MR) is 66.4 cm³/mol. The van der Waals surface area contributed by atoms with Crippen molar-refractivity contribution in [2.24, 2.45) is 5.92 Å². The van der Waals surface area contributed by atoms with Crippen LogP contribution in [0.5, 0.6) is 0 Å². The van der Waals surface area contributed by atoms with Crippen LogP contribution in [0.3, 0.4) is 0 Å². The molecule has 1 atom stereocenters. The summed E-state index contributed by atoms with van der Waals surface area (Å²) >= 11 is 0. The zero-order chi connectivity index (χ0) is 13.1. The second-order valence-corrected chi connectivity index (χ2v) is 5.30. The van der Waals surface area contributed by atoms with Gasteiger partial charge in [-0.2, -0.15) is 0 Å². The molecule has 18 heavy (non-hydrogen) atoms. The summed E-state index contributed by atoms with van der Waals surface area (Å²) in [4.78, 5) is 26.7. The van der Waals surface area contributed by atoms with Crippen LogP contribution in [0.15, 0.2) is 0 Å². The average Bonchev–Trinajstić information content (AvgIpc) is 2.75. The van der Waals surface area contributed by atoms with Gasteiger partial charge in [0.05, 0.1) is 5.92 Å². The number of carboxylic acid groups (broad SMARTS) is 1. The number of nitrogens with one attached hydrogen (secondary N) is 1. The van der Waals surface area contributed by atoms with Crippen molar-refractivity contribution in [2.75, 3.05) is 33.2 Å². The quantitative estimate of drug-likeness (QED) is 0.739. The number of hydrogen-bond donors (Lipinski definition) is 2. The van der Waals surface area contributed by atoms with E-state index in [9.17, 15) is 9.59 Å². The molecule has 2 aliphatic rings. The van der Waals surface area contributed by atoms with Crippen LogP contribution in [0.1, 0.15) is 19.3 Å². The fourth-order valence-corrected chi connectivity index (χ4v) is 2.65. The minimum atomic E-state index is -0.743. The van der Waals surface area contributed by atoms with Crippen molar-refractivity contribution < 1.29 is 14.7 Å². The Morgan fingerprint density at radius 2 is 1.83 bits per heavy atom. The highest BCUT2D eigenvalue weighted by Gasteiger charge is 2.29. The lowest BCUT2D eigenvalue weighted by Crippen LogP contribution is -2.49. The number of rotatable bonds is 2. The molecule has 0 bridgehead atoms. The normalized spacial score (nSPS) is 26.3. The maximum Gasteiger partial charge on any atom is 0.317 e. The molecule has 0 radical (unpaired) electrons. The Hall–Kier alpha value is -1.30. The molecule has 2 heterocycles. The van der Waals surface area contributed by atoms with Crippen molar-refractivity contribution in [2.45, 2.75) is 25.3 Å². The highest BCUT2D eigenvalue weighted by atomic mass is 16.4. The Labute approximate surface area is 107 Å². The van der Waals surface area contributed by atoms with E-state index >= 15 is 0 Å². The van der Waals surface area contributed by atoms with E-state index in [4.69, 9.17) is 5.11 Å². The van der Waals surface area contributed by atoms with Gasteiger partial charge in [-0.05, 0) is 32.9 Å². The summed E-state index contributed by atoms with van der Waals surface area (Å²) in [5.41, 5.74) is 0. The maximum absolute atomic E-state index is 12.0. The molecule has 2 N–H and O–H groups in total. The van der Waals surface area contributed by atoms with Gasteiger partial charge in [0.2, 0.25) is 0 Å². The van der Waals surface area contributed by atoms with Gasteiger partial charge in [-0.1, -0.05) is 0 Å². The van der Waals surface area contributed by atoms with Gasteiger partial charge in [0.25, 0.3) is 0 Å². The molecule has 2 aliphatic heterocycles. The van der Waals surface area contributed by atoms with Crippen molar-refractivity contribution in [1.29, 1.82) is 0 Å². The maximum atomic E-state index is 12.0. The third-order valence-electron chi connectivity index (χ3n) is 3.85. The molecule has 2 amide bonds. The first-order valence-corrected chi connectivity index (χ1v) is 6.53. The van der Waals surface area contributed by atoms with E-state index < -0.39 is 5.97 Å². The summed E-state index contributed by atoms with van der Waals surface area (Å²) < 4.78 is 0. The molecular formula is C12H21N3O3. The van der Waals surface area contributed by atoms with Crippen LogP contribution in [0.25, 0.3) is 0 Å². The minimum absolute atomic E-state index is 0.0425. The number of likely N-dealkylation sites (tertiary alicyclic amines) is 2. The second kappa shape index (κ2) is 5.56. The van der Waals surface area contributed by atoms with E-state index in [0.717, 1.165) is 19.5 Å². The molecule has 2 fully saturated rings. The number of urea groups is 1. The molecule has 0 aliphatic carbocycles. The fraction of sp³-hybridized carbons (Fsp3) is 0.833.